The highest BCUT2D eigenvalue weighted by atomic mass is 35.5. The van der Waals surface area contributed by atoms with Gasteiger partial charge in [-0.15, -0.1) is 10.2 Å². The molecule has 102 valence electrons. The molecule has 0 spiro atoms. The van der Waals surface area contributed by atoms with Crippen molar-refractivity contribution >= 4 is 23.2 Å². The summed E-state index contributed by atoms with van der Waals surface area (Å²) >= 11 is 12.2. The fourth-order valence-electron chi connectivity index (χ4n) is 1.78. The number of benzene rings is 1. The van der Waals surface area contributed by atoms with Gasteiger partial charge in [-0.2, -0.15) is 0 Å². The molecule has 2 N–H and O–H groups in total. The Labute approximate surface area is 121 Å². The van der Waals surface area contributed by atoms with Gasteiger partial charge in [-0.1, -0.05) is 29.3 Å². The molecule has 0 saturated carbocycles. The molecule has 0 aliphatic heterocycles. The van der Waals surface area contributed by atoms with Crippen molar-refractivity contribution in [3.05, 3.63) is 34.1 Å². The average molecular weight is 301 g/mol. The summed E-state index contributed by atoms with van der Waals surface area (Å²) in [5, 5.41) is 9.15. The lowest BCUT2D eigenvalue weighted by Gasteiger charge is -2.10. The van der Waals surface area contributed by atoms with Gasteiger partial charge >= 0.3 is 0 Å². The fourth-order valence-corrected chi connectivity index (χ4v) is 2.16. The first-order valence-corrected chi connectivity index (χ1v) is 6.50. The van der Waals surface area contributed by atoms with Crippen molar-refractivity contribution in [2.75, 3.05) is 13.7 Å². The second-order valence-electron chi connectivity index (χ2n) is 3.89. The van der Waals surface area contributed by atoms with E-state index in [0.29, 0.717) is 41.4 Å². The highest BCUT2D eigenvalue weighted by molar-refractivity contribution is 6.43. The molecule has 1 aromatic heterocycles. The molecule has 0 radical (unpaired) electrons. The topological polar surface area (TPSA) is 66.0 Å². The number of hydrogen-bond acceptors (Lipinski definition) is 4. The number of methoxy groups -OCH3 is 1. The first kappa shape index (κ1) is 14.3. The molecule has 2 aromatic rings. The number of nitrogens with two attached hydrogens (primary N) is 1. The van der Waals surface area contributed by atoms with E-state index in [1.807, 2.05) is 16.7 Å². The van der Waals surface area contributed by atoms with Crippen molar-refractivity contribution in [3.63, 3.8) is 0 Å². The Hall–Kier alpha value is -1.14. The lowest BCUT2D eigenvalue weighted by molar-refractivity contribution is 0.186. The minimum absolute atomic E-state index is 0.300. The van der Waals surface area contributed by atoms with Crippen molar-refractivity contribution in [2.45, 2.75) is 13.1 Å². The molecule has 5 nitrogen and oxygen atoms in total. The zero-order valence-electron chi connectivity index (χ0n) is 10.4. The van der Waals surface area contributed by atoms with Gasteiger partial charge in [0.25, 0.3) is 0 Å². The molecule has 0 unspecified atom stereocenters. The number of nitrogens with zero attached hydrogens (tertiary/aromatic N) is 3. The lowest BCUT2D eigenvalue weighted by atomic mass is 10.2. The van der Waals surface area contributed by atoms with Gasteiger partial charge in [-0.25, -0.2) is 0 Å². The van der Waals surface area contributed by atoms with E-state index < -0.39 is 0 Å². The normalized spacial score (nSPS) is 10.9. The largest absolute Gasteiger partial charge is 0.383 e. The van der Waals surface area contributed by atoms with Gasteiger partial charge in [0.2, 0.25) is 0 Å². The summed E-state index contributed by atoms with van der Waals surface area (Å²) in [7, 11) is 1.64. The van der Waals surface area contributed by atoms with Crippen LogP contribution in [0.3, 0.4) is 0 Å². The zero-order chi connectivity index (χ0) is 13.8. The van der Waals surface area contributed by atoms with Crippen LogP contribution in [0.5, 0.6) is 0 Å². The molecule has 0 bridgehead atoms. The monoisotopic (exact) mass is 300 g/mol. The molecule has 0 aliphatic carbocycles. The Morgan fingerprint density at radius 2 is 2.11 bits per heavy atom. The minimum Gasteiger partial charge on any atom is -0.383 e. The van der Waals surface area contributed by atoms with Gasteiger partial charge in [-0.3, -0.25) is 0 Å². The molecule has 1 aromatic carbocycles. The molecule has 19 heavy (non-hydrogen) atoms. The summed E-state index contributed by atoms with van der Waals surface area (Å²) < 4.78 is 6.97. The van der Waals surface area contributed by atoms with Crippen molar-refractivity contribution in [1.29, 1.82) is 0 Å². The van der Waals surface area contributed by atoms with E-state index in [0.717, 1.165) is 5.56 Å². The quantitative estimate of drug-likeness (QED) is 0.920. The number of ether oxygens (including phenoxy) is 1. The average Bonchev–Trinajstić information content (AvgIpc) is 2.82. The van der Waals surface area contributed by atoms with Crippen LogP contribution in [0.2, 0.25) is 10.0 Å². The van der Waals surface area contributed by atoms with Crippen molar-refractivity contribution in [2.24, 2.45) is 5.73 Å². The smallest absolute Gasteiger partial charge is 0.165 e. The van der Waals surface area contributed by atoms with E-state index >= 15 is 0 Å². The minimum atomic E-state index is 0.300. The summed E-state index contributed by atoms with van der Waals surface area (Å²) in [5.41, 5.74) is 6.39. The molecular formula is C12H14Cl2N4O. The third-order valence-corrected chi connectivity index (χ3v) is 3.54. The number of rotatable bonds is 5. The van der Waals surface area contributed by atoms with Crippen LogP contribution >= 0.6 is 23.2 Å². The molecule has 0 fully saturated rings. The van der Waals surface area contributed by atoms with Gasteiger partial charge in [-0.05, 0) is 12.1 Å². The first-order chi connectivity index (χ1) is 9.19. The van der Waals surface area contributed by atoms with Gasteiger partial charge in [0.15, 0.2) is 5.82 Å². The summed E-state index contributed by atoms with van der Waals surface area (Å²) in [6, 6.07) is 5.40. The fraction of sp³-hybridized carbons (Fsp3) is 0.333. The molecule has 0 aliphatic rings. The molecule has 0 saturated heterocycles. The Kier molecular flexibility index (Phi) is 4.76. The highest BCUT2D eigenvalue weighted by Crippen LogP contribution is 2.32. The second-order valence-corrected chi connectivity index (χ2v) is 4.67. The molecule has 0 amide bonds. The standard InChI is InChI=1S/C12H14Cl2N4O/c1-19-6-5-18-10(7-15)16-17-12(18)8-3-2-4-9(13)11(8)14/h2-4H,5-7,15H2,1H3. The van der Waals surface area contributed by atoms with Crippen LogP contribution in [-0.4, -0.2) is 28.5 Å². The lowest BCUT2D eigenvalue weighted by Crippen LogP contribution is -2.12. The maximum Gasteiger partial charge on any atom is 0.165 e. The van der Waals surface area contributed by atoms with Crippen molar-refractivity contribution in [3.8, 4) is 11.4 Å². The van der Waals surface area contributed by atoms with E-state index in [4.69, 9.17) is 33.7 Å². The van der Waals surface area contributed by atoms with E-state index in [1.54, 1.807) is 13.2 Å². The maximum absolute atomic E-state index is 6.21. The Balaban J connectivity index is 2.49. The predicted molar refractivity (Wildman–Crippen MR) is 75.2 cm³/mol. The Bertz CT molecular complexity index is 571. The van der Waals surface area contributed by atoms with Gasteiger partial charge in [0.1, 0.15) is 5.82 Å². The molecule has 2 rings (SSSR count). The summed E-state index contributed by atoms with van der Waals surface area (Å²) in [4.78, 5) is 0. The zero-order valence-corrected chi connectivity index (χ0v) is 11.9. The third kappa shape index (κ3) is 2.90. The maximum atomic E-state index is 6.21. The van der Waals surface area contributed by atoms with Crippen molar-refractivity contribution < 1.29 is 4.74 Å². The Morgan fingerprint density at radius 1 is 1.32 bits per heavy atom. The van der Waals surface area contributed by atoms with Gasteiger partial charge in [0, 0.05) is 19.2 Å². The Morgan fingerprint density at radius 3 is 2.79 bits per heavy atom. The van der Waals surface area contributed by atoms with Gasteiger partial charge < -0.3 is 15.0 Å². The molecule has 1 heterocycles. The molecule has 7 heteroatoms. The SMILES string of the molecule is COCCn1c(CN)nnc1-c1cccc(Cl)c1Cl. The predicted octanol–water partition coefficient (Wildman–Crippen LogP) is 2.36. The summed E-state index contributed by atoms with van der Waals surface area (Å²) in [6.07, 6.45) is 0. The highest BCUT2D eigenvalue weighted by Gasteiger charge is 2.16. The third-order valence-electron chi connectivity index (χ3n) is 2.72. The molecule has 0 atom stereocenters. The van der Waals surface area contributed by atoms with Crippen LogP contribution in [0.4, 0.5) is 0 Å². The van der Waals surface area contributed by atoms with E-state index in [2.05, 4.69) is 10.2 Å². The van der Waals surface area contributed by atoms with Crippen LogP contribution < -0.4 is 5.73 Å². The summed E-state index contributed by atoms with van der Waals surface area (Å²) in [5.74, 6) is 1.33. The van der Waals surface area contributed by atoms with Crippen molar-refractivity contribution in [1.82, 2.24) is 14.8 Å². The second kappa shape index (κ2) is 6.34. The summed E-state index contributed by atoms with van der Waals surface area (Å²) in [6.45, 7) is 1.44. The number of hydrogen-bond donors (Lipinski definition) is 1. The molecular weight excluding hydrogens is 287 g/mol. The van der Waals surface area contributed by atoms with E-state index in [1.165, 1.54) is 0 Å². The van der Waals surface area contributed by atoms with Crippen LogP contribution in [0.1, 0.15) is 5.82 Å². The van der Waals surface area contributed by atoms with Crippen LogP contribution in [0.25, 0.3) is 11.4 Å². The van der Waals surface area contributed by atoms with Crippen LogP contribution in [0, 0.1) is 0 Å². The van der Waals surface area contributed by atoms with E-state index in [9.17, 15) is 0 Å². The van der Waals surface area contributed by atoms with Gasteiger partial charge in [0.05, 0.1) is 23.2 Å². The van der Waals surface area contributed by atoms with E-state index in [-0.39, 0.29) is 0 Å². The van der Waals surface area contributed by atoms with Crippen LogP contribution in [-0.2, 0) is 17.8 Å². The first-order valence-electron chi connectivity index (χ1n) is 5.74. The number of halogens is 2. The number of aromatic nitrogens is 3. The van der Waals surface area contributed by atoms with Crippen LogP contribution in [0.15, 0.2) is 18.2 Å².